The molecule has 1 heterocycles. The Bertz CT molecular complexity index is 306. The molecule has 1 fully saturated rings. The zero-order chi connectivity index (χ0) is 11.9. The highest BCUT2D eigenvalue weighted by Crippen LogP contribution is 2.12. The van der Waals surface area contributed by atoms with E-state index in [-0.39, 0.29) is 0 Å². The van der Waals surface area contributed by atoms with Crippen LogP contribution in [0, 0.1) is 5.92 Å². The Morgan fingerprint density at radius 1 is 1.35 bits per heavy atom. The molecule has 0 aliphatic carbocycles. The molecule has 0 aromatic heterocycles. The van der Waals surface area contributed by atoms with E-state index in [9.17, 15) is 0 Å². The molecule has 17 heavy (non-hydrogen) atoms. The molecule has 0 spiro atoms. The van der Waals surface area contributed by atoms with Gasteiger partial charge in [0.05, 0.1) is 6.61 Å². The molecule has 2 heteroatoms. The second kappa shape index (κ2) is 6.77. The third-order valence-corrected chi connectivity index (χ3v) is 3.54. The summed E-state index contributed by atoms with van der Waals surface area (Å²) in [5, 5.41) is 3.68. The van der Waals surface area contributed by atoms with Gasteiger partial charge in [0.1, 0.15) is 0 Å². The van der Waals surface area contributed by atoms with Gasteiger partial charge in [-0.25, -0.2) is 0 Å². The molecule has 2 atom stereocenters. The van der Waals surface area contributed by atoms with Crippen LogP contribution in [0.5, 0.6) is 0 Å². The van der Waals surface area contributed by atoms with E-state index in [4.69, 9.17) is 4.74 Å². The summed E-state index contributed by atoms with van der Waals surface area (Å²) in [6.07, 6.45) is 3.53. The summed E-state index contributed by atoms with van der Waals surface area (Å²) in [4.78, 5) is 0. The van der Waals surface area contributed by atoms with Crippen LogP contribution in [0.4, 0.5) is 0 Å². The van der Waals surface area contributed by atoms with Crippen molar-refractivity contribution in [3.05, 3.63) is 35.9 Å². The van der Waals surface area contributed by atoms with E-state index in [1.165, 1.54) is 18.4 Å². The number of hydrogen-bond acceptors (Lipinski definition) is 2. The number of hydrogen-bond donors (Lipinski definition) is 1. The first-order valence-corrected chi connectivity index (χ1v) is 6.73. The minimum Gasteiger partial charge on any atom is -0.381 e. The first-order valence-electron chi connectivity index (χ1n) is 6.73. The van der Waals surface area contributed by atoms with Crippen molar-refractivity contribution in [3.8, 4) is 0 Å². The average molecular weight is 233 g/mol. The van der Waals surface area contributed by atoms with Crippen molar-refractivity contribution in [2.45, 2.75) is 32.2 Å². The largest absolute Gasteiger partial charge is 0.381 e. The fraction of sp³-hybridized carbons (Fsp3) is 0.600. The van der Waals surface area contributed by atoms with Crippen molar-refractivity contribution >= 4 is 0 Å². The lowest BCUT2D eigenvalue weighted by Gasteiger charge is -2.19. The molecule has 1 aliphatic rings. The second-order valence-corrected chi connectivity index (χ2v) is 4.93. The van der Waals surface area contributed by atoms with Crippen molar-refractivity contribution in [1.82, 2.24) is 5.32 Å². The second-order valence-electron chi connectivity index (χ2n) is 4.93. The van der Waals surface area contributed by atoms with Gasteiger partial charge in [0.15, 0.2) is 0 Å². The standard InChI is InChI=1S/C15H23NO/c1-2-15(10-13-6-4-3-5-7-13)16-11-14-8-9-17-12-14/h3-7,14-16H,2,8-12H2,1H3. The molecule has 94 valence electrons. The topological polar surface area (TPSA) is 21.3 Å². The molecule has 1 aromatic rings. The molecule has 1 N–H and O–H groups in total. The molecule has 0 saturated carbocycles. The van der Waals surface area contributed by atoms with Gasteiger partial charge >= 0.3 is 0 Å². The lowest BCUT2D eigenvalue weighted by molar-refractivity contribution is 0.184. The first kappa shape index (κ1) is 12.6. The molecular weight excluding hydrogens is 210 g/mol. The Balaban J connectivity index is 1.76. The molecule has 0 amide bonds. The third-order valence-electron chi connectivity index (χ3n) is 3.54. The molecule has 0 bridgehead atoms. The summed E-state index contributed by atoms with van der Waals surface area (Å²) in [7, 11) is 0. The predicted molar refractivity (Wildman–Crippen MR) is 71.2 cm³/mol. The lowest BCUT2D eigenvalue weighted by atomic mass is 10.0. The summed E-state index contributed by atoms with van der Waals surface area (Å²) >= 11 is 0. The van der Waals surface area contributed by atoms with Crippen molar-refractivity contribution in [2.24, 2.45) is 5.92 Å². The molecule has 0 radical (unpaired) electrons. The summed E-state index contributed by atoms with van der Waals surface area (Å²) in [6, 6.07) is 11.3. The van der Waals surface area contributed by atoms with Crippen molar-refractivity contribution in [3.63, 3.8) is 0 Å². The van der Waals surface area contributed by atoms with Crippen LogP contribution in [0.15, 0.2) is 30.3 Å². The maximum absolute atomic E-state index is 5.40. The van der Waals surface area contributed by atoms with Gasteiger partial charge in [-0.1, -0.05) is 37.3 Å². The lowest BCUT2D eigenvalue weighted by Crippen LogP contribution is -2.34. The average Bonchev–Trinajstić information content (AvgIpc) is 2.89. The van der Waals surface area contributed by atoms with Crippen LogP contribution in [0.25, 0.3) is 0 Å². The summed E-state index contributed by atoms with van der Waals surface area (Å²) in [6.45, 7) is 5.24. The maximum Gasteiger partial charge on any atom is 0.0507 e. The number of rotatable bonds is 6. The zero-order valence-electron chi connectivity index (χ0n) is 10.7. The Labute approximate surface area is 104 Å². The Morgan fingerprint density at radius 3 is 2.82 bits per heavy atom. The molecule has 2 nitrogen and oxygen atoms in total. The van der Waals surface area contributed by atoms with Gasteiger partial charge < -0.3 is 10.1 Å². The van der Waals surface area contributed by atoms with Crippen LogP contribution >= 0.6 is 0 Å². The number of nitrogens with one attached hydrogen (secondary N) is 1. The van der Waals surface area contributed by atoms with Gasteiger partial charge in [-0.15, -0.1) is 0 Å². The summed E-state index contributed by atoms with van der Waals surface area (Å²) in [5.41, 5.74) is 1.43. The molecule has 1 aromatic carbocycles. The predicted octanol–water partition coefficient (Wildman–Crippen LogP) is 2.63. The SMILES string of the molecule is CCC(Cc1ccccc1)NCC1CCOC1. The van der Waals surface area contributed by atoms with Crippen LogP contribution in [0.3, 0.4) is 0 Å². The highest BCUT2D eigenvalue weighted by atomic mass is 16.5. The Kier molecular flexibility index (Phi) is 5.02. The van der Waals surface area contributed by atoms with Crippen LogP contribution in [-0.2, 0) is 11.2 Å². The van der Waals surface area contributed by atoms with E-state index in [0.29, 0.717) is 6.04 Å². The minimum absolute atomic E-state index is 0.595. The van der Waals surface area contributed by atoms with Gasteiger partial charge in [0.2, 0.25) is 0 Å². The number of benzene rings is 1. The van der Waals surface area contributed by atoms with E-state index in [1.807, 2.05) is 0 Å². The van der Waals surface area contributed by atoms with Crippen LogP contribution in [-0.4, -0.2) is 25.8 Å². The minimum atomic E-state index is 0.595. The van der Waals surface area contributed by atoms with E-state index in [0.717, 1.165) is 32.1 Å². The highest BCUT2D eigenvalue weighted by molar-refractivity contribution is 5.15. The third kappa shape index (κ3) is 4.14. The smallest absolute Gasteiger partial charge is 0.0507 e. The normalized spacial score (nSPS) is 21.6. The molecule has 2 rings (SSSR count). The zero-order valence-corrected chi connectivity index (χ0v) is 10.7. The molecule has 1 saturated heterocycles. The molecule has 2 unspecified atom stereocenters. The van der Waals surface area contributed by atoms with Crippen molar-refractivity contribution in [2.75, 3.05) is 19.8 Å². The Morgan fingerprint density at radius 2 is 2.18 bits per heavy atom. The van der Waals surface area contributed by atoms with Gasteiger partial charge in [-0.3, -0.25) is 0 Å². The van der Waals surface area contributed by atoms with E-state index in [1.54, 1.807) is 0 Å². The van der Waals surface area contributed by atoms with Gasteiger partial charge in [0, 0.05) is 19.2 Å². The van der Waals surface area contributed by atoms with Crippen LogP contribution in [0.2, 0.25) is 0 Å². The maximum atomic E-state index is 5.40. The molecule has 1 aliphatic heterocycles. The van der Waals surface area contributed by atoms with Crippen molar-refractivity contribution < 1.29 is 4.74 Å². The van der Waals surface area contributed by atoms with E-state index >= 15 is 0 Å². The fourth-order valence-corrected chi connectivity index (χ4v) is 2.34. The quantitative estimate of drug-likeness (QED) is 0.815. The first-order chi connectivity index (χ1) is 8.38. The van der Waals surface area contributed by atoms with Crippen LogP contribution < -0.4 is 5.32 Å². The summed E-state index contributed by atoms with van der Waals surface area (Å²) < 4.78 is 5.40. The van der Waals surface area contributed by atoms with Gasteiger partial charge in [0.25, 0.3) is 0 Å². The fourth-order valence-electron chi connectivity index (χ4n) is 2.34. The van der Waals surface area contributed by atoms with Gasteiger partial charge in [-0.2, -0.15) is 0 Å². The van der Waals surface area contributed by atoms with E-state index in [2.05, 4.69) is 42.6 Å². The van der Waals surface area contributed by atoms with Crippen molar-refractivity contribution in [1.29, 1.82) is 0 Å². The summed E-state index contributed by atoms with van der Waals surface area (Å²) in [5.74, 6) is 0.722. The number of ether oxygens (including phenoxy) is 1. The molecular formula is C15H23NO. The monoisotopic (exact) mass is 233 g/mol. The Hall–Kier alpha value is -0.860. The van der Waals surface area contributed by atoms with E-state index < -0.39 is 0 Å². The van der Waals surface area contributed by atoms with Gasteiger partial charge in [-0.05, 0) is 30.7 Å². The highest BCUT2D eigenvalue weighted by Gasteiger charge is 2.16. The van der Waals surface area contributed by atoms with Crippen LogP contribution in [0.1, 0.15) is 25.3 Å².